The van der Waals surface area contributed by atoms with E-state index >= 15 is 0 Å². The molecule has 9 heteroatoms. The van der Waals surface area contributed by atoms with Crippen LogP contribution in [-0.4, -0.2) is 46.6 Å². The van der Waals surface area contributed by atoms with Crippen LogP contribution in [0.15, 0.2) is 42.5 Å². The number of benzene rings is 2. The van der Waals surface area contributed by atoms with Gasteiger partial charge in [-0.3, -0.25) is 9.59 Å². The standard InChI is InChI=1S/C27H36ClN3O5/c1-8-16(2)22(30-26(35)36-27(4,5)6)25(34)31(7)23(18-12-10-13-19(32)15-18)24(33)29-21-17(3)11-9-14-20(21)28/h9-16,22-23,32H,8H2,1-7H3,(H,29,33)(H,30,35). The summed E-state index contributed by atoms with van der Waals surface area (Å²) in [6.45, 7) is 10.8. The van der Waals surface area contributed by atoms with Crippen LogP contribution >= 0.6 is 11.6 Å². The number of ether oxygens (including phenoxy) is 1. The van der Waals surface area contributed by atoms with Gasteiger partial charge in [-0.25, -0.2) is 4.79 Å². The summed E-state index contributed by atoms with van der Waals surface area (Å²) in [5.41, 5.74) is 0.841. The van der Waals surface area contributed by atoms with Crippen molar-refractivity contribution in [1.29, 1.82) is 0 Å². The molecule has 2 aromatic rings. The fourth-order valence-electron chi connectivity index (χ4n) is 3.69. The van der Waals surface area contributed by atoms with Crippen LogP contribution in [0, 0.1) is 12.8 Å². The monoisotopic (exact) mass is 517 g/mol. The fraction of sp³-hybridized carbons (Fsp3) is 0.444. The van der Waals surface area contributed by atoms with E-state index in [-0.39, 0.29) is 11.7 Å². The first-order valence-corrected chi connectivity index (χ1v) is 12.2. The number of alkyl carbamates (subject to hydrolysis) is 1. The number of aromatic hydroxyl groups is 1. The lowest BCUT2D eigenvalue weighted by Gasteiger charge is -2.33. The highest BCUT2D eigenvalue weighted by molar-refractivity contribution is 6.34. The molecule has 3 atom stereocenters. The molecule has 2 aromatic carbocycles. The summed E-state index contributed by atoms with van der Waals surface area (Å²) in [4.78, 5) is 41.1. The zero-order chi connectivity index (χ0) is 27.2. The van der Waals surface area contributed by atoms with E-state index in [9.17, 15) is 19.5 Å². The smallest absolute Gasteiger partial charge is 0.408 e. The average Bonchev–Trinajstić information content (AvgIpc) is 2.78. The number of rotatable bonds is 8. The Bertz CT molecular complexity index is 1080. The van der Waals surface area contributed by atoms with Gasteiger partial charge in [0.1, 0.15) is 23.4 Å². The van der Waals surface area contributed by atoms with E-state index < -0.39 is 35.6 Å². The minimum atomic E-state index is -1.12. The first-order valence-electron chi connectivity index (χ1n) is 11.9. The molecule has 3 amide bonds. The highest BCUT2D eigenvalue weighted by atomic mass is 35.5. The maximum absolute atomic E-state index is 13.7. The quantitative estimate of drug-likeness (QED) is 0.432. The number of halogens is 1. The molecule has 0 bridgehead atoms. The molecule has 0 spiro atoms. The second-order valence-corrected chi connectivity index (χ2v) is 10.3. The van der Waals surface area contributed by atoms with Crippen LogP contribution in [0.2, 0.25) is 5.02 Å². The molecule has 8 nitrogen and oxygen atoms in total. The molecule has 36 heavy (non-hydrogen) atoms. The van der Waals surface area contributed by atoms with Gasteiger partial charge in [-0.1, -0.05) is 56.1 Å². The third-order valence-corrected chi connectivity index (χ3v) is 6.11. The number of nitrogens with zero attached hydrogens (tertiary/aromatic N) is 1. The van der Waals surface area contributed by atoms with Gasteiger partial charge in [0.25, 0.3) is 5.91 Å². The number of para-hydroxylation sites is 1. The second-order valence-electron chi connectivity index (χ2n) is 9.88. The number of aryl methyl sites for hydroxylation is 1. The number of carbonyl (C=O) groups excluding carboxylic acids is 3. The Kier molecular flexibility index (Phi) is 9.76. The van der Waals surface area contributed by atoms with Crippen molar-refractivity contribution >= 4 is 35.2 Å². The molecule has 0 fully saturated rings. The maximum Gasteiger partial charge on any atom is 0.408 e. The van der Waals surface area contributed by atoms with Crippen molar-refractivity contribution in [3.05, 3.63) is 58.6 Å². The number of likely N-dealkylation sites (N-methyl/N-ethyl adjacent to an activating group) is 1. The number of phenols is 1. The first kappa shape index (κ1) is 29.0. The molecule has 3 unspecified atom stereocenters. The molecule has 0 heterocycles. The SMILES string of the molecule is CCC(C)C(NC(=O)OC(C)(C)C)C(=O)N(C)C(C(=O)Nc1c(C)cccc1Cl)c1cccc(O)c1. The van der Waals surface area contributed by atoms with Crippen molar-refractivity contribution in [2.24, 2.45) is 5.92 Å². The van der Waals surface area contributed by atoms with E-state index in [0.717, 1.165) is 5.56 Å². The van der Waals surface area contributed by atoms with Crippen LogP contribution in [-0.2, 0) is 14.3 Å². The summed E-state index contributed by atoms with van der Waals surface area (Å²) in [7, 11) is 1.49. The van der Waals surface area contributed by atoms with Crippen molar-refractivity contribution < 1.29 is 24.2 Å². The summed E-state index contributed by atoms with van der Waals surface area (Å²) in [5, 5.41) is 15.9. The van der Waals surface area contributed by atoms with Crippen LogP contribution in [0.4, 0.5) is 10.5 Å². The van der Waals surface area contributed by atoms with E-state index in [1.54, 1.807) is 45.0 Å². The van der Waals surface area contributed by atoms with Gasteiger partial charge in [0, 0.05) is 7.05 Å². The van der Waals surface area contributed by atoms with Crippen molar-refractivity contribution in [2.75, 3.05) is 12.4 Å². The van der Waals surface area contributed by atoms with Crippen molar-refractivity contribution in [2.45, 2.75) is 65.6 Å². The fourth-order valence-corrected chi connectivity index (χ4v) is 3.96. The minimum absolute atomic E-state index is 0.0505. The summed E-state index contributed by atoms with van der Waals surface area (Å²) in [6, 6.07) is 9.32. The molecule has 0 aromatic heterocycles. The predicted molar refractivity (Wildman–Crippen MR) is 141 cm³/mol. The van der Waals surface area contributed by atoms with Crippen LogP contribution in [0.1, 0.15) is 58.2 Å². The Balaban J connectivity index is 2.45. The molecule has 0 radical (unpaired) electrons. The summed E-state index contributed by atoms with van der Waals surface area (Å²) in [5.74, 6) is -1.29. The van der Waals surface area contributed by atoms with Gasteiger partial charge in [-0.15, -0.1) is 0 Å². The van der Waals surface area contributed by atoms with E-state index in [4.69, 9.17) is 16.3 Å². The van der Waals surface area contributed by atoms with E-state index in [1.165, 1.54) is 24.1 Å². The summed E-state index contributed by atoms with van der Waals surface area (Å²) in [6.07, 6.45) is -0.124. The number of hydrogen-bond acceptors (Lipinski definition) is 5. The second kappa shape index (κ2) is 12.1. The number of hydrogen-bond donors (Lipinski definition) is 3. The lowest BCUT2D eigenvalue weighted by Crippen LogP contribution is -2.53. The number of phenolic OH excluding ortho intramolecular Hbond substituents is 1. The molecular formula is C27H36ClN3O5. The van der Waals surface area contributed by atoms with E-state index in [0.29, 0.717) is 22.7 Å². The number of anilines is 1. The van der Waals surface area contributed by atoms with Gasteiger partial charge in [0.05, 0.1) is 10.7 Å². The van der Waals surface area contributed by atoms with Crippen molar-refractivity contribution in [3.8, 4) is 5.75 Å². The van der Waals surface area contributed by atoms with Gasteiger partial charge >= 0.3 is 6.09 Å². The highest BCUT2D eigenvalue weighted by Crippen LogP contribution is 2.30. The Hall–Kier alpha value is -3.26. The Morgan fingerprint density at radius 1 is 1.14 bits per heavy atom. The Morgan fingerprint density at radius 3 is 2.33 bits per heavy atom. The average molecular weight is 518 g/mol. The Morgan fingerprint density at radius 2 is 1.78 bits per heavy atom. The van der Waals surface area contributed by atoms with Gasteiger partial charge < -0.3 is 25.4 Å². The molecule has 2 rings (SSSR count). The lowest BCUT2D eigenvalue weighted by atomic mass is 9.96. The highest BCUT2D eigenvalue weighted by Gasteiger charge is 2.36. The van der Waals surface area contributed by atoms with Crippen molar-refractivity contribution in [1.82, 2.24) is 10.2 Å². The minimum Gasteiger partial charge on any atom is -0.508 e. The summed E-state index contributed by atoms with van der Waals surface area (Å²) >= 11 is 6.32. The van der Waals surface area contributed by atoms with Gasteiger partial charge in [-0.05, 0) is 62.9 Å². The molecule has 0 aliphatic rings. The maximum atomic E-state index is 13.7. The molecule has 0 saturated heterocycles. The first-order chi connectivity index (χ1) is 16.7. The zero-order valence-electron chi connectivity index (χ0n) is 21.9. The molecule has 0 saturated carbocycles. The van der Waals surface area contributed by atoms with Crippen molar-refractivity contribution in [3.63, 3.8) is 0 Å². The third-order valence-electron chi connectivity index (χ3n) is 5.79. The normalized spacial score (nSPS) is 13.8. The largest absolute Gasteiger partial charge is 0.508 e. The topological polar surface area (TPSA) is 108 Å². The number of amides is 3. The molecule has 0 aliphatic carbocycles. The molecule has 0 aliphatic heterocycles. The van der Waals surface area contributed by atoms with Crippen LogP contribution in [0.5, 0.6) is 5.75 Å². The number of nitrogens with one attached hydrogen (secondary N) is 2. The zero-order valence-corrected chi connectivity index (χ0v) is 22.6. The molecule has 3 N–H and O–H groups in total. The predicted octanol–water partition coefficient (Wildman–Crippen LogP) is 5.43. The summed E-state index contributed by atoms with van der Waals surface area (Å²) < 4.78 is 5.36. The van der Waals surface area contributed by atoms with Gasteiger partial charge in [0.15, 0.2) is 0 Å². The van der Waals surface area contributed by atoms with E-state index in [2.05, 4.69) is 10.6 Å². The van der Waals surface area contributed by atoms with Gasteiger partial charge in [0.2, 0.25) is 5.91 Å². The molecule has 196 valence electrons. The van der Waals surface area contributed by atoms with E-state index in [1.807, 2.05) is 26.8 Å². The van der Waals surface area contributed by atoms with Gasteiger partial charge in [-0.2, -0.15) is 0 Å². The lowest BCUT2D eigenvalue weighted by molar-refractivity contribution is -0.140. The van der Waals surface area contributed by atoms with Crippen LogP contribution in [0.3, 0.4) is 0 Å². The molecular weight excluding hydrogens is 482 g/mol. The number of carbonyl (C=O) groups is 3. The Labute approximate surface area is 218 Å². The van der Waals surface area contributed by atoms with Crippen LogP contribution < -0.4 is 10.6 Å². The van der Waals surface area contributed by atoms with Crippen LogP contribution in [0.25, 0.3) is 0 Å². The third kappa shape index (κ3) is 7.62.